The number of carbonyl (C=O) groups excluding carboxylic acids is 1. The monoisotopic (exact) mass is 333 g/mol. The second-order valence-corrected chi connectivity index (χ2v) is 6.58. The molecule has 0 aromatic carbocycles. The fourth-order valence-corrected chi connectivity index (χ4v) is 2.22. The number of aliphatic carboxylic acids is 1. The molecule has 0 aliphatic carbocycles. The summed E-state index contributed by atoms with van der Waals surface area (Å²) in [6.45, 7) is 5.94. The number of imidazole rings is 1. The van der Waals surface area contributed by atoms with Crippen molar-refractivity contribution in [1.82, 2.24) is 14.7 Å². The summed E-state index contributed by atoms with van der Waals surface area (Å²) >= 11 is 0. The maximum atomic E-state index is 12.1. The fourth-order valence-electron chi connectivity index (χ4n) is 2.22. The van der Waals surface area contributed by atoms with Crippen LogP contribution in [0.3, 0.4) is 0 Å². The van der Waals surface area contributed by atoms with E-state index in [1.165, 1.54) is 0 Å². The second-order valence-electron chi connectivity index (χ2n) is 6.58. The Bertz CT molecular complexity index is 685. The van der Waals surface area contributed by atoms with Crippen LogP contribution in [0.4, 0.5) is 0 Å². The summed E-state index contributed by atoms with van der Waals surface area (Å²) in [6, 6.07) is 4.60. The molecule has 2 aromatic rings. The van der Waals surface area contributed by atoms with Crippen molar-refractivity contribution in [2.24, 2.45) is 0 Å². The molecule has 0 aliphatic rings. The number of hydrogen-bond acceptors (Lipinski definition) is 4. The number of ether oxygens (including phenoxy) is 1. The number of nitrogens with zero attached hydrogens (tertiary/aromatic N) is 2. The third-order valence-corrected chi connectivity index (χ3v) is 3.33. The number of rotatable bonds is 7. The van der Waals surface area contributed by atoms with Crippen molar-refractivity contribution in [1.29, 1.82) is 0 Å². The van der Waals surface area contributed by atoms with Gasteiger partial charge in [0.15, 0.2) is 0 Å². The standard InChI is InChI=1S/C17H23N3O4/c1-17(2,3)24-9-7-13(16(22)23)19-15(21)10-12-11-20-8-5-4-6-14(20)18-12/h4-6,8,11,13H,7,9-10H2,1-3H3,(H,19,21)(H,22,23). The van der Waals surface area contributed by atoms with Crippen LogP contribution in [-0.2, 0) is 20.7 Å². The molecule has 1 amide bonds. The van der Waals surface area contributed by atoms with E-state index < -0.39 is 12.0 Å². The van der Waals surface area contributed by atoms with Crippen molar-refractivity contribution in [2.75, 3.05) is 6.61 Å². The number of carbonyl (C=O) groups is 2. The molecule has 2 N–H and O–H groups in total. The van der Waals surface area contributed by atoms with Crippen LogP contribution in [0.5, 0.6) is 0 Å². The summed E-state index contributed by atoms with van der Waals surface area (Å²) < 4.78 is 7.33. The first-order valence-corrected chi connectivity index (χ1v) is 7.83. The molecule has 2 rings (SSSR count). The van der Waals surface area contributed by atoms with E-state index in [1.54, 1.807) is 6.20 Å². The lowest BCUT2D eigenvalue weighted by molar-refractivity contribution is -0.142. The minimum Gasteiger partial charge on any atom is -0.480 e. The van der Waals surface area contributed by atoms with Gasteiger partial charge in [0, 0.05) is 25.4 Å². The molecule has 0 aliphatic heterocycles. The number of hydrogen-bond donors (Lipinski definition) is 2. The van der Waals surface area contributed by atoms with E-state index in [0.29, 0.717) is 5.69 Å². The molecule has 1 unspecified atom stereocenters. The molecule has 0 saturated carbocycles. The number of carboxylic acid groups (broad SMARTS) is 1. The molecule has 2 heterocycles. The Kier molecular flexibility index (Phi) is 5.56. The predicted octanol–water partition coefficient (Wildman–Crippen LogP) is 1.65. The summed E-state index contributed by atoms with van der Waals surface area (Å²) in [5.41, 5.74) is 0.992. The van der Waals surface area contributed by atoms with Crippen LogP contribution in [0.25, 0.3) is 5.65 Å². The Morgan fingerprint density at radius 1 is 1.38 bits per heavy atom. The van der Waals surface area contributed by atoms with Gasteiger partial charge in [-0.05, 0) is 32.9 Å². The first-order chi connectivity index (χ1) is 11.2. The fraction of sp³-hybridized carbons (Fsp3) is 0.471. The number of fused-ring (bicyclic) bond motifs is 1. The molecule has 0 saturated heterocycles. The van der Waals surface area contributed by atoms with Gasteiger partial charge in [-0.25, -0.2) is 9.78 Å². The first kappa shape index (κ1) is 17.9. The molecular formula is C17H23N3O4. The largest absolute Gasteiger partial charge is 0.480 e. The molecule has 0 radical (unpaired) electrons. The number of nitrogens with one attached hydrogen (secondary N) is 1. The maximum absolute atomic E-state index is 12.1. The molecule has 2 aromatic heterocycles. The number of aromatic nitrogens is 2. The Morgan fingerprint density at radius 2 is 2.12 bits per heavy atom. The van der Waals surface area contributed by atoms with Gasteiger partial charge in [0.2, 0.25) is 5.91 Å². The Balaban J connectivity index is 1.91. The van der Waals surface area contributed by atoms with E-state index in [2.05, 4.69) is 10.3 Å². The molecule has 1 atom stereocenters. The molecule has 0 bridgehead atoms. The summed E-state index contributed by atoms with van der Waals surface area (Å²) in [5.74, 6) is -1.45. The first-order valence-electron chi connectivity index (χ1n) is 7.83. The van der Waals surface area contributed by atoms with E-state index in [0.717, 1.165) is 5.65 Å². The van der Waals surface area contributed by atoms with Crippen molar-refractivity contribution in [3.63, 3.8) is 0 Å². The topological polar surface area (TPSA) is 92.9 Å². The minimum absolute atomic E-state index is 0.0333. The summed E-state index contributed by atoms with van der Waals surface area (Å²) in [5, 5.41) is 11.8. The third kappa shape index (κ3) is 5.34. The van der Waals surface area contributed by atoms with Crippen LogP contribution in [-0.4, -0.2) is 44.6 Å². The van der Waals surface area contributed by atoms with E-state index >= 15 is 0 Å². The van der Waals surface area contributed by atoms with Gasteiger partial charge in [-0.15, -0.1) is 0 Å². The molecule has 130 valence electrons. The highest BCUT2D eigenvalue weighted by molar-refractivity contribution is 5.84. The SMILES string of the molecule is CC(C)(C)OCCC(NC(=O)Cc1cn2ccccc2n1)C(=O)O. The van der Waals surface area contributed by atoms with E-state index in [4.69, 9.17) is 4.74 Å². The van der Waals surface area contributed by atoms with Crippen LogP contribution in [0.15, 0.2) is 30.6 Å². The zero-order chi connectivity index (χ0) is 17.7. The van der Waals surface area contributed by atoms with Gasteiger partial charge in [-0.1, -0.05) is 6.07 Å². The summed E-state index contributed by atoms with van der Waals surface area (Å²) in [6.07, 6.45) is 3.84. The molecule has 7 nitrogen and oxygen atoms in total. The van der Waals surface area contributed by atoms with E-state index in [1.807, 2.05) is 49.6 Å². The smallest absolute Gasteiger partial charge is 0.326 e. The highest BCUT2D eigenvalue weighted by Crippen LogP contribution is 2.09. The highest BCUT2D eigenvalue weighted by atomic mass is 16.5. The Morgan fingerprint density at radius 3 is 2.75 bits per heavy atom. The van der Waals surface area contributed by atoms with Gasteiger partial charge < -0.3 is 19.6 Å². The average molecular weight is 333 g/mol. The normalized spacial score (nSPS) is 13.0. The number of amides is 1. The Labute approximate surface area is 140 Å². The molecule has 24 heavy (non-hydrogen) atoms. The lowest BCUT2D eigenvalue weighted by atomic mass is 10.1. The maximum Gasteiger partial charge on any atom is 0.326 e. The van der Waals surface area contributed by atoms with Crippen LogP contribution < -0.4 is 5.32 Å². The van der Waals surface area contributed by atoms with Crippen LogP contribution in [0, 0.1) is 0 Å². The molecule has 7 heteroatoms. The highest BCUT2D eigenvalue weighted by Gasteiger charge is 2.21. The quantitative estimate of drug-likeness (QED) is 0.804. The molecule has 0 spiro atoms. The van der Waals surface area contributed by atoms with E-state index in [9.17, 15) is 14.7 Å². The van der Waals surface area contributed by atoms with Crippen molar-refractivity contribution in [3.05, 3.63) is 36.3 Å². The van der Waals surface area contributed by atoms with Gasteiger partial charge in [-0.3, -0.25) is 4.79 Å². The lowest BCUT2D eigenvalue weighted by Crippen LogP contribution is -2.42. The van der Waals surface area contributed by atoms with Crippen molar-refractivity contribution >= 4 is 17.5 Å². The van der Waals surface area contributed by atoms with Crippen molar-refractivity contribution in [2.45, 2.75) is 45.3 Å². The summed E-state index contributed by atoms with van der Waals surface area (Å²) in [7, 11) is 0. The van der Waals surface area contributed by atoms with Crippen LogP contribution in [0.2, 0.25) is 0 Å². The number of pyridine rings is 1. The number of carboxylic acids is 1. The van der Waals surface area contributed by atoms with Gasteiger partial charge in [0.05, 0.1) is 17.7 Å². The van der Waals surface area contributed by atoms with Gasteiger partial charge in [0.25, 0.3) is 0 Å². The lowest BCUT2D eigenvalue weighted by Gasteiger charge is -2.21. The minimum atomic E-state index is -1.07. The van der Waals surface area contributed by atoms with Gasteiger partial charge >= 0.3 is 5.97 Å². The molecule has 0 fully saturated rings. The third-order valence-electron chi connectivity index (χ3n) is 3.33. The Hall–Kier alpha value is -2.41. The zero-order valence-electron chi connectivity index (χ0n) is 14.2. The van der Waals surface area contributed by atoms with Crippen molar-refractivity contribution in [3.8, 4) is 0 Å². The average Bonchev–Trinajstić information content (AvgIpc) is 2.86. The molecular weight excluding hydrogens is 310 g/mol. The van der Waals surface area contributed by atoms with Crippen LogP contribution in [0.1, 0.15) is 32.9 Å². The zero-order valence-corrected chi connectivity index (χ0v) is 14.2. The van der Waals surface area contributed by atoms with Crippen molar-refractivity contribution < 1.29 is 19.4 Å². The van der Waals surface area contributed by atoms with E-state index in [-0.39, 0.29) is 31.0 Å². The van der Waals surface area contributed by atoms with Gasteiger partial charge in [0.1, 0.15) is 11.7 Å². The summed E-state index contributed by atoms with van der Waals surface area (Å²) in [4.78, 5) is 27.7. The van der Waals surface area contributed by atoms with Gasteiger partial charge in [-0.2, -0.15) is 0 Å². The van der Waals surface area contributed by atoms with Crippen LogP contribution >= 0.6 is 0 Å². The second kappa shape index (κ2) is 7.44. The predicted molar refractivity (Wildman–Crippen MR) is 88.8 cm³/mol.